The van der Waals surface area contributed by atoms with E-state index >= 15 is 0 Å². The van der Waals surface area contributed by atoms with Crippen molar-refractivity contribution in [1.82, 2.24) is 4.31 Å². The number of hydrogen-bond acceptors (Lipinski definition) is 3. The van der Waals surface area contributed by atoms with E-state index in [9.17, 15) is 27.3 Å². The van der Waals surface area contributed by atoms with Crippen LogP contribution in [0.2, 0.25) is 0 Å². The van der Waals surface area contributed by atoms with Gasteiger partial charge in [0.1, 0.15) is 24.2 Å². The van der Waals surface area contributed by atoms with E-state index in [4.69, 9.17) is 4.74 Å². The molecule has 2 unspecified atom stereocenters. The lowest BCUT2D eigenvalue weighted by atomic mass is 10.0. The number of ether oxygens (including phenoxy) is 1. The predicted octanol–water partition coefficient (Wildman–Crippen LogP) is 5.31. The number of halogens is 3. The second-order valence-electron chi connectivity index (χ2n) is 7.64. The topological polar surface area (TPSA) is 66.8 Å². The van der Waals surface area contributed by atoms with Crippen LogP contribution in [0.5, 0.6) is 5.75 Å². The van der Waals surface area contributed by atoms with Gasteiger partial charge in [-0.05, 0) is 41.3 Å². The van der Waals surface area contributed by atoms with Crippen LogP contribution in [0.4, 0.5) is 13.2 Å². The van der Waals surface area contributed by atoms with E-state index in [1.54, 1.807) is 31.2 Å². The molecular weight excluding hydrogens is 467 g/mol. The molecule has 0 aliphatic carbocycles. The monoisotopic (exact) mass is 491 g/mol. The zero-order valence-electron chi connectivity index (χ0n) is 18.6. The Morgan fingerprint density at radius 1 is 1.00 bits per heavy atom. The Labute approximate surface area is 198 Å². The van der Waals surface area contributed by atoms with E-state index < -0.39 is 40.4 Å². The van der Waals surface area contributed by atoms with Crippen molar-refractivity contribution in [2.45, 2.75) is 32.5 Å². The van der Waals surface area contributed by atoms with Crippen molar-refractivity contribution < 1.29 is 32.0 Å². The van der Waals surface area contributed by atoms with Crippen molar-refractivity contribution in [2.75, 3.05) is 6.26 Å². The summed E-state index contributed by atoms with van der Waals surface area (Å²) in [5.41, 5.74) is 1.93. The summed E-state index contributed by atoms with van der Waals surface area (Å²) in [5, 5.41) is 9.42. The summed E-state index contributed by atoms with van der Waals surface area (Å²) in [4.78, 5) is 11.5. The van der Waals surface area contributed by atoms with Crippen molar-refractivity contribution in [2.24, 2.45) is 0 Å². The molecule has 0 heterocycles. The van der Waals surface area contributed by atoms with Crippen molar-refractivity contribution >= 4 is 17.0 Å². The molecule has 9 heteroatoms. The quantitative estimate of drug-likeness (QED) is 0.391. The van der Waals surface area contributed by atoms with Gasteiger partial charge in [-0.1, -0.05) is 43.3 Å². The number of hydrogen-bond donors (Lipinski definition) is 1. The maximum atomic E-state index is 14.0. The van der Waals surface area contributed by atoms with Gasteiger partial charge in [0, 0.05) is 24.4 Å². The first kappa shape index (κ1) is 25.5. The summed E-state index contributed by atoms with van der Waals surface area (Å²) < 4.78 is 59.9. The van der Waals surface area contributed by atoms with E-state index in [1.807, 2.05) is 24.3 Å². The highest BCUT2D eigenvalue weighted by Crippen LogP contribution is 2.27. The largest absolute Gasteiger partial charge is 0.489 e. The summed E-state index contributed by atoms with van der Waals surface area (Å²) in [6.45, 7) is 2.14. The minimum Gasteiger partial charge on any atom is -0.489 e. The van der Waals surface area contributed by atoms with Crippen molar-refractivity contribution in [1.29, 1.82) is 0 Å². The highest BCUT2D eigenvalue weighted by Gasteiger charge is 2.26. The SMILES string of the molecule is CCC(C(=O)O)N(Cc1cccc(COc2ccc(-c3cc(F)c(F)cc3F)cc2)c1)S(C)=O. The lowest BCUT2D eigenvalue weighted by molar-refractivity contribution is -0.141. The standard InChI is InChI=1S/C25H24F3NO4S/c1-3-24(25(30)31)29(34(2)32)14-16-5-4-6-17(11-16)15-33-19-9-7-18(8-10-19)20-12-22(27)23(28)13-21(20)26/h4-13,24H,3,14-15H2,1-2H3,(H,30,31). The second kappa shape index (κ2) is 11.3. The highest BCUT2D eigenvalue weighted by atomic mass is 32.2. The summed E-state index contributed by atoms with van der Waals surface area (Å²) >= 11 is 0. The summed E-state index contributed by atoms with van der Waals surface area (Å²) in [6.07, 6.45) is 1.77. The Morgan fingerprint density at radius 3 is 2.26 bits per heavy atom. The third-order valence-electron chi connectivity index (χ3n) is 5.26. The van der Waals surface area contributed by atoms with Crippen LogP contribution in [0.25, 0.3) is 11.1 Å². The molecule has 0 aromatic heterocycles. The van der Waals surface area contributed by atoms with Crippen LogP contribution in [-0.2, 0) is 28.9 Å². The fourth-order valence-electron chi connectivity index (χ4n) is 3.52. The zero-order valence-corrected chi connectivity index (χ0v) is 19.4. The van der Waals surface area contributed by atoms with Crippen LogP contribution < -0.4 is 4.74 Å². The Bertz CT molecular complexity index is 1190. The van der Waals surface area contributed by atoms with Gasteiger partial charge in [0.05, 0.1) is 11.0 Å². The van der Waals surface area contributed by atoms with E-state index in [0.29, 0.717) is 23.8 Å². The Hall–Kier alpha value is -3.17. The summed E-state index contributed by atoms with van der Waals surface area (Å²) in [5.74, 6) is -3.77. The number of carboxylic acids is 1. The average Bonchev–Trinajstić information content (AvgIpc) is 2.80. The number of carbonyl (C=O) groups is 1. The lowest BCUT2D eigenvalue weighted by Gasteiger charge is -2.25. The summed E-state index contributed by atoms with van der Waals surface area (Å²) in [6, 6.07) is 14.1. The van der Waals surface area contributed by atoms with Gasteiger partial charge in [0.25, 0.3) is 0 Å². The Morgan fingerprint density at radius 2 is 1.65 bits per heavy atom. The molecule has 3 rings (SSSR count). The minimum atomic E-state index is -1.47. The zero-order chi connectivity index (χ0) is 24.8. The molecule has 34 heavy (non-hydrogen) atoms. The van der Waals surface area contributed by atoms with Gasteiger partial charge in [-0.15, -0.1) is 0 Å². The van der Waals surface area contributed by atoms with Crippen LogP contribution in [-0.4, -0.2) is 31.9 Å². The van der Waals surface area contributed by atoms with Crippen molar-refractivity contribution in [3.05, 3.63) is 89.2 Å². The molecule has 3 aromatic carbocycles. The molecule has 0 fully saturated rings. The Kier molecular flexibility index (Phi) is 8.46. The molecule has 0 amide bonds. The van der Waals surface area contributed by atoms with Crippen molar-refractivity contribution in [3.63, 3.8) is 0 Å². The van der Waals surface area contributed by atoms with Crippen LogP contribution in [0.1, 0.15) is 24.5 Å². The fraction of sp³-hybridized carbons (Fsp3) is 0.240. The molecule has 0 bridgehead atoms. The predicted molar refractivity (Wildman–Crippen MR) is 124 cm³/mol. The van der Waals surface area contributed by atoms with Gasteiger partial charge < -0.3 is 9.84 Å². The highest BCUT2D eigenvalue weighted by molar-refractivity contribution is 7.81. The van der Waals surface area contributed by atoms with E-state index in [1.165, 1.54) is 10.6 Å². The molecule has 2 atom stereocenters. The smallest absolute Gasteiger partial charge is 0.321 e. The molecule has 180 valence electrons. The molecule has 5 nitrogen and oxygen atoms in total. The third-order valence-corrected chi connectivity index (χ3v) is 6.30. The normalized spacial score (nSPS) is 13.0. The molecule has 0 spiro atoms. The van der Waals surface area contributed by atoms with Crippen LogP contribution >= 0.6 is 0 Å². The average molecular weight is 492 g/mol. The van der Waals surface area contributed by atoms with Gasteiger partial charge in [-0.3, -0.25) is 4.79 Å². The van der Waals surface area contributed by atoms with Crippen LogP contribution in [0.15, 0.2) is 60.7 Å². The third kappa shape index (κ3) is 6.24. The maximum absolute atomic E-state index is 14.0. The maximum Gasteiger partial charge on any atom is 0.321 e. The number of carboxylic acid groups (broad SMARTS) is 1. The Balaban J connectivity index is 1.68. The second-order valence-corrected chi connectivity index (χ2v) is 8.96. The van der Waals surface area contributed by atoms with Gasteiger partial charge in [0.2, 0.25) is 0 Å². The van der Waals surface area contributed by atoms with Crippen LogP contribution in [0.3, 0.4) is 0 Å². The molecule has 0 saturated heterocycles. The summed E-state index contributed by atoms with van der Waals surface area (Å²) in [7, 11) is -1.47. The van der Waals surface area contributed by atoms with Crippen LogP contribution in [0, 0.1) is 17.5 Å². The first-order valence-corrected chi connectivity index (χ1v) is 12.0. The molecule has 0 radical (unpaired) electrons. The molecule has 0 aliphatic rings. The van der Waals surface area contributed by atoms with Gasteiger partial charge in [0.15, 0.2) is 11.6 Å². The first-order chi connectivity index (χ1) is 16.2. The lowest BCUT2D eigenvalue weighted by Crippen LogP contribution is -2.41. The van der Waals surface area contributed by atoms with Crippen molar-refractivity contribution in [3.8, 4) is 16.9 Å². The van der Waals surface area contributed by atoms with Gasteiger partial charge in [-0.2, -0.15) is 0 Å². The number of aliphatic carboxylic acids is 1. The van der Waals surface area contributed by atoms with E-state index in [2.05, 4.69) is 0 Å². The molecular formula is C25H24F3NO4S. The van der Waals surface area contributed by atoms with E-state index in [0.717, 1.165) is 17.2 Å². The minimum absolute atomic E-state index is 0.0530. The van der Waals surface area contributed by atoms with E-state index in [-0.39, 0.29) is 18.7 Å². The van der Waals surface area contributed by atoms with Gasteiger partial charge in [-0.25, -0.2) is 21.7 Å². The number of benzene rings is 3. The number of rotatable bonds is 10. The first-order valence-electron chi connectivity index (χ1n) is 10.5. The molecule has 0 aliphatic heterocycles. The molecule has 1 N–H and O–H groups in total. The number of nitrogens with zero attached hydrogens (tertiary/aromatic N) is 1. The van der Waals surface area contributed by atoms with Gasteiger partial charge >= 0.3 is 5.97 Å². The molecule has 0 saturated carbocycles. The molecule has 3 aromatic rings. The fourth-order valence-corrected chi connectivity index (χ4v) is 4.45.